The molecule has 2 aromatic heterocycles. The molecule has 2 fully saturated rings. The van der Waals surface area contributed by atoms with Crippen LogP contribution in [0.2, 0.25) is 0 Å². The van der Waals surface area contributed by atoms with E-state index >= 15 is 0 Å². The summed E-state index contributed by atoms with van der Waals surface area (Å²) >= 11 is 0. The van der Waals surface area contributed by atoms with Gasteiger partial charge in [-0.3, -0.25) is 14.5 Å². The second-order valence-corrected chi connectivity index (χ2v) is 10.7. The summed E-state index contributed by atoms with van der Waals surface area (Å²) in [6.07, 6.45) is 7.43. The van der Waals surface area contributed by atoms with Crippen LogP contribution in [0.5, 0.6) is 11.5 Å². The van der Waals surface area contributed by atoms with E-state index in [1.54, 1.807) is 12.3 Å². The fourth-order valence-electron chi connectivity index (χ4n) is 5.52. The number of nitrogens with two attached hydrogens (primary N) is 1. The molecule has 1 saturated carbocycles. The van der Waals surface area contributed by atoms with E-state index in [-0.39, 0.29) is 0 Å². The summed E-state index contributed by atoms with van der Waals surface area (Å²) < 4.78 is 7.90. The lowest BCUT2D eigenvalue weighted by molar-refractivity contribution is 0.0999. The van der Waals surface area contributed by atoms with Gasteiger partial charge in [0, 0.05) is 54.5 Å². The van der Waals surface area contributed by atoms with Gasteiger partial charge in [-0.25, -0.2) is 0 Å². The minimum Gasteiger partial charge on any atom is -0.457 e. The molecular weight excluding hydrogens is 486 g/mol. The van der Waals surface area contributed by atoms with Crippen LogP contribution < -0.4 is 10.5 Å². The number of pyridine rings is 1. The Kier molecular flexibility index (Phi) is 9.02. The zero-order chi connectivity index (χ0) is 28.1. The molecule has 2 aliphatic rings. The monoisotopic (exact) mass is 527 g/mol. The van der Waals surface area contributed by atoms with Crippen LogP contribution in [-0.2, 0) is 7.05 Å². The number of carbonyl (C=O) groups is 1. The van der Waals surface area contributed by atoms with Crippen molar-refractivity contribution in [3.63, 3.8) is 0 Å². The average molecular weight is 528 g/mol. The topological polar surface area (TPSA) is 86.3 Å². The summed E-state index contributed by atoms with van der Waals surface area (Å²) in [5, 5.41) is 5.54. The highest BCUT2D eigenvalue weighted by Gasteiger charge is 2.35. The molecule has 7 heteroatoms. The summed E-state index contributed by atoms with van der Waals surface area (Å²) in [5.74, 6) is 2.05. The summed E-state index contributed by atoms with van der Waals surface area (Å²) in [4.78, 5) is 18.4. The number of ether oxygens (including phenoxy) is 1. The Labute approximate surface area is 232 Å². The number of benzene rings is 2. The summed E-state index contributed by atoms with van der Waals surface area (Å²) in [6, 6.07) is 16.0. The van der Waals surface area contributed by atoms with Crippen LogP contribution in [0.15, 0.2) is 54.7 Å². The van der Waals surface area contributed by atoms with Crippen molar-refractivity contribution < 1.29 is 9.53 Å². The van der Waals surface area contributed by atoms with E-state index in [1.165, 1.54) is 32.2 Å². The first-order chi connectivity index (χ1) is 18.7. The van der Waals surface area contributed by atoms with Crippen molar-refractivity contribution >= 4 is 16.8 Å². The summed E-state index contributed by atoms with van der Waals surface area (Å²) in [5.41, 5.74) is 10.4. The van der Waals surface area contributed by atoms with E-state index in [0.717, 1.165) is 51.1 Å². The van der Waals surface area contributed by atoms with E-state index in [0.29, 0.717) is 11.3 Å². The maximum Gasteiger partial charge on any atom is 0.248 e. The number of hydrogen-bond donors (Lipinski definition) is 1. The highest BCUT2D eigenvalue weighted by molar-refractivity contribution is 5.94. The first-order valence-corrected chi connectivity index (χ1v) is 13.9. The van der Waals surface area contributed by atoms with Crippen LogP contribution in [0, 0.1) is 19.8 Å². The Morgan fingerprint density at radius 1 is 1.03 bits per heavy atom. The fraction of sp³-hybridized carbons (Fsp3) is 0.406. The quantitative estimate of drug-likeness (QED) is 0.321. The number of nitrogens with zero attached hydrogens (tertiary/aromatic N) is 4. The zero-order valence-corrected chi connectivity index (χ0v) is 24.1. The number of amides is 1. The number of carbonyl (C=O) groups excluding carboxylic acids is 1. The second-order valence-electron chi connectivity index (χ2n) is 10.7. The smallest absolute Gasteiger partial charge is 0.248 e. The molecule has 1 aliphatic heterocycles. The molecule has 2 N–H and O–H groups in total. The SMILES string of the molecule is CCC.CN1C[C@H]2CC[C@@H]1C2.Cc1cc(-c2cc(Oc3ccc4c(C)nn(C)c4c3)ccn2)ccc1C(N)=O. The van der Waals surface area contributed by atoms with Crippen molar-refractivity contribution in [2.45, 2.75) is 59.4 Å². The Morgan fingerprint density at radius 3 is 2.36 bits per heavy atom. The third kappa shape index (κ3) is 6.66. The zero-order valence-electron chi connectivity index (χ0n) is 24.1. The van der Waals surface area contributed by atoms with Crippen LogP contribution >= 0.6 is 0 Å². The minimum atomic E-state index is -0.435. The highest BCUT2D eigenvalue weighted by atomic mass is 16.5. The normalized spacial score (nSPS) is 17.8. The van der Waals surface area contributed by atoms with Gasteiger partial charge >= 0.3 is 0 Å². The molecule has 2 atom stereocenters. The molecule has 0 radical (unpaired) electrons. The van der Waals surface area contributed by atoms with E-state index in [1.807, 2.05) is 68.0 Å². The molecule has 1 aliphatic carbocycles. The molecule has 39 heavy (non-hydrogen) atoms. The molecule has 2 aromatic carbocycles. The van der Waals surface area contributed by atoms with Gasteiger partial charge in [0.15, 0.2) is 0 Å². The first kappa shape index (κ1) is 28.3. The van der Waals surface area contributed by atoms with Crippen LogP contribution in [0.1, 0.15) is 61.1 Å². The van der Waals surface area contributed by atoms with Gasteiger partial charge in [0.25, 0.3) is 0 Å². The molecule has 1 amide bonds. The van der Waals surface area contributed by atoms with Crippen molar-refractivity contribution in [1.29, 1.82) is 0 Å². The van der Waals surface area contributed by atoms with E-state index in [2.05, 4.69) is 35.9 Å². The lowest BCUT2D eigenvalue weighted by Gasteiger charge is -2.20. The van der Waals surface area contributed by atoms with Gasteiger partial charge in [0.05, 0.1) is 16.9 Å². The number of piperidine rings is 1. The summed E-state index contributed by atoms with van der Waals surface area (Å²) in [7, 11) is 4.17. The molecule has 4 aromatic rings. The number of fused-ring (bicyclic) bond motifs is 3. The highest BCUT2D eigenvalue weighted by Crippen LogP contribution is 2.36. The Balaban J connectivity index is 0.000000266. The second kappa shape index (κ2) is 12.4. The van der Waals surface area contributed by atoms with Crippen molar-refractivity contribution in [1.82, 2.24) is 19.7 Å². The van der Waals surface area contributed by atoms with Crippen LogP contribution in [0.4, 0.5) is 0 Å². The van der Waals surface area contributed by atoms with Gasteiger partial charge in [-0.05, 0) is 82.0 Å². The van der Waals surface area contributed by atoms with Crippen molar-refractivity contribution in [2.75, 3.05) is 13.6 Å². The minimum absolute atomic E-state index is 0.435. The third-order valence-electron chi connectivity index (χ3n) is 7.45. The van der Waals surface area contributed by atoms with Crippen molar-refractivity contribution in [3.05, 3.63) is 71.5 Å². The van der Waals surface area contributed by atoms with E-state index in [4.69, 9.17) is 10.5 Å². The predicted molar refractivity (Wildman–Crippen MR) is 158 cm³/mol. The Morgan fingerprint density at radius 2 is 1.77 bits per heavy atom. The number of rotatable bonds is 4. The van der Waals surface area contributed by atoms with E-state index < -0.39 is 5.91 Å². The molecule has 0 spiro atoms. The number of primary amides is 1. The largest absolute Gasteiger partial charge is 0.457 e. The molecule has 6 rings (SSSR count). The molecule has 206 valence electrons. The Bertz CT molecular complexity index is 1440. The van der Waals surface area contributed by atoms with Crippen LogP contribution in [0.3, 0.4) is 0 Å². The van der Waals surface area contributed by atoms with Gasteiger partial charge < -0.3 is 15.4 Å². The number of aryl methyl sites for hydroxylation is 3. The molecule has 1 saturated heterocycles. The van der Waals surface area contributed by atoms with Crippen LogP contribution in [0.25, 0.3) is 22.2 Å². The number of likely N-dealkylation sites (tertiary alicyclic amines) is 1. The van der Waals surface area contributed by atoms with Gasteiger partial charge in [-0.15, -0.1) is 0 Å². The molecule has 2 bridgehead atoms. The molecule has 3 heterocycles. The maximum absolute atomic E-state index is 11.4. The standard InChI is InChI=1S/C22H20N4O2.C7H13N.C3H8/c1-13-10-15(4-6-18(13)22(23)27)20-11-17(8-9-24-20)28-16-5-7-19-14(2)25-26(3)21(19)12-16;1-8-5-6-2-3-7(8)4-6;1-3-2/h4-12H,1-3H3,(H2,23,27);6-7H,2-5H2,1H3;3H2,1-2H3/t;6-,7+;/m.0./s1. The molecule has 7 nitrogen and oxygen atoms in total. The molecular formula is C32H41N5O2. The Hall–Kier alpha value is -3.71. The molecule has 0 unspecified atom stereocenters. The van der Waals surface area contributed by atoms with Gasteiger partial charge in [-0.2, -0.15) is 5.10 Å². The predicted octanol–water partition coefficient (Wildman–Crippen LogP) is 6.66. The maximum atomic E-state index is 11.4. The summed E-state index contributed by atoms with van der Waals surface area (Å²) in [6.45, 7) is 9.48. The number of hydrogen-bond acceptors (Lipinski definition) is 5. The average Bonchev–Trinajstić information content (AvgIpc) is 3.59. The van der Waals surface area contributed by atoms with E-state index in [9.17, 15) is 4.79 Å². The first-order valence-electron chi connectivity index (χ1n) is 13.9. The van der Waals surface area contributed by atoms with Gasteiger partial charge in [0.1, 0.15) is 11.5 Å². The van der Waals surface area contributed by atoms with Crippen LogP contribution in [-0.4, -0.2) is 45.2 Å². The third-order valence-corrected chi connectivity index (χ3v) is 7.45. The van der Waals surface area contributed by atoms with Gasteiger partial charge in [-0.1, -0.05) is 26.3 Å². The number of aromatic nitrogens is 3. The lowest BCUT2D eigenvalue weighted by Crippen LogP contribution is -2.27. The van der Waals surface area contributed by atoms with Crippen molar-refractivity contribution in [2.24, 2.45) is 18.7 Å². The fourth-order valence-corrected chi connectivity index (χ4v) is 5.52. The lowest BCUT2D eigenvalue weighted by atomic mass is 10.0. The van der Waals surface area contributed by atoms with Crippen molar-refractivity contribution in [3.8, 4) is 22.8 Å². The van der Waals surface area contributed by atoms with Gasteiger partial charge in [0.2, 0.25) is 5.91 Å².